The van der Waals surface area contributed by atoms with Crippen molar-refractivity contribution in [2.75, 3.05) is 23.4 Å². The summed E-state index contributed by atoms with van der Waals surface area (Å²) in [4.78, 5) is 0. The number of rotatable bonds is 4. The van der Waals surface area contributed by atoms with E-state index in [-0.39, 0.29) is 17.4 Å². The molecule has 1 fully saturated rings. The number of nitrogens with one attached hydrogen (secondary N) is 1. The standard InChI is InChI=1S/C13H17N5O2S/c1-10-2-4-12(5-3-10)18-13(15-16-17-18)14-8-11-6-7-21(19,20)9-11/h2-5,11H,6-9H2,1H3,(H,14,15,17). The van der Waals surface area contributed by atoms with Crippen molar-refractivity contribution in [1.29, 1.82) is 0 Å². The third kappa shape index (κ3) is 3.21. The molecule has 0 saturated carbocycles. The largest absolute Gasteiger partial charge is 0.352 e. The molecule has 7 nitrogen and oxygen atoms in total. The summed E-state index contributed by atoms with van der Waals surface area (Å²) in [6, 6.07) is 7.86. The van der Waals surface area contributed by atoms with Crippen LogP contribution in [0.1, 0.15) is 12.0 Å². The summed E-state index contributed by atoms with van der Waals surface area (Å²) in [5, 5.41) is 14.7. The van der Waals surface area contributed by atoms with Gasteiger partial charge in [-0.05, 0) is 41.8 Å². The summed E-state index contributed by atoms with van der Waals surface area (Å²) >= 11 is 0. The highest BCUT2D eigenvalue weighted by atomic mass is 32.2. The quantitative estimate of drug-likeness (QED) is 0.899. The number of aryl methyl sites for hydroxylation is 1. The molecule has 1 saturated heterocycles. The lowest BCUT2D eigenvalue weighted by Gasteiger charge is -2.10. The second-order valence-corrected chi connectivity index (χ2v) is 7.63. The van der Waals surface area contributed by atoms with Gasteiger partial charge in [0, 0.05) is 6.54 Å². The van der Waals surface area contributed by atoms with Crippen LogP contribution in [0.15, 0.2) is 24.3 Å². The summed E-state index contributed by atoms with van der Waals surface area (Å²) in [5.41, 5.74) is 2.03. The van der Waals surface area contributed by atoms with E-state index in [2.05, 4.69) is 20.8 Å². The maximum absolute atomic E-state index is 11.4. The molecule has 0 spiro atoms. The van der Waals surface area contributed by atoms with Gasteiger partial charge in [-0.2, -0.15) is 4.68 Å². The molecule has 2 aromatic rings. The molecular formula is C13H17N5O2S. The fourth-order valence-corrected chi connectivity index (χ4v) is 4.29. The Hall–Kier alpha value is -1.96. The SMILES string of the molecule is Cc1ccc(-n2nnnc2NCC2CCS(=O)(=O)C2)cc1. The monoisotopic (exact) mass is 307 g/mol. The maximum atomic E-state index is 11.4. The van der Waals surface area contributed by atoms with Crippen LogP contribution in [0, 0.1) is 12.8 Å². The Morgan fingerprint density at radius 2 is 2.10 bits per heavy atom. The number of tetrazole rings is 1. The van der Waals surface area contributed by atoms with Crippen molar-refractivity contribution in [3.8, 4) is 5.69 Å². The Balaban J connectivity index is 1.70. The van der Waals surface area contributed by atoms with Crippen LogP contribution >= 0.6 is 0 Å². The average molecular weight is 307 g/mol. The second kappa shape index (κ2) is 5.44. The Kier molecular flexibility index (Phi) is 3.62. The van der Waals surface area contributed by atoms with Crippen LogP contribution in [0.25, 0.3) is 5.69 Å². The first-order valence-electron chi connectivity index (χ1n) is 6.83. The molecule has 0 amide bonds. The summed E-state index contributed by atoms with van der Waals surface area (Å²) < 4.78 is 24.5. The highest BCUT2D eigenvalue weighted by Gasteiger charge is 2.27. The Labute approximate surface area is 123 Å². The minimum absolute atomic E-state index is 0.123. The van der Waals surface area contributed by atoms with Gasteiger partial charge in [-0.1, -0.05) is 22.8 Å². The molecule has 1 atom stereocenters. The van der Waals surface area contributed by atoms with Gasteiger partial charge in [0.25, 0.3) is 0 Å². The molecule has 1 N–H and O–H groups in total. The number of hydrogen-bond acceptors (Lipinski definition) is 6. The van der Waals surface area contributed by atoms with Gasteiger partial charge in [0.05, 0.1) is 17.2 Å². The molecule has 1 aliphatic heterocycles. The molecule has 0 radical (unpaired) electrons. The maximum Gasteiger partial charge on any atom is 0.247 e. The van der Waals surface area contributed by atoms with Gasteiger partial charge in [-0.25, -0.2) is 8.42 Å². The first-order chi connectivity index (χ1) is 10.0. The van der Waals surface area contributed by atoms with Crippen LogP contribution in [0.2, 0.25) is 0 Å². The number of hydrogen-bond donors (Lipinski definition) is 1. The van der Waals surface area contributed by atoms with Crippen LogP contribution in [0.4, 0.5) is 5.95 Å². The van der Waals surface area contributed by atoms with E-state index in [1.807, 2.05) is 31.2 Å². The molecule has 112 valence electrons. The molecule has 1 unspecified atom stereocenters. The fourth-order valence-electron chi connectivity index (χ4n) is 2.43. The third-order valence-corrected chi connectivity index (χ3v) is 5.46. The topological polar surface area (TPSA) is 89.8 Å². The second-order valence-electron chi connectivity index (χ2n) is 5.40. The fraction of sp³-hybridized carbons (Fsp3) is 0.462. The Morgan fingerprint density at radius 1 is 1.33 bits per heavy atom. The number of sulfone groups is 1. The number of benzene rings is 1. The van der Waals surface area contributed by atoms with E-state index in [1.165, 1.54) is 0 Å². The van der Waals surface area contributed by atoms with Crippen molar-refractivity contribution in [3.05, 3.63) is 29.8 Å². The molecule has 8 heteroatoms. The molecular weight excluding hydrogens is 290 g/mol. The Morgan fingerprint density at radius 3 is 2.76 bits per heavy atom. The van der Waals surface area contributed by atoms with E-state index in [0.29, 0.717) is 18.9 Å². The minimum atomic E-state index is -2.85. The van der Waals surface area contributed by atoms with Crippen LogP contribution in [0.5, 0.6) is 0 Å². The zero-order valence-corrected chi connectivity index (χ0v) is 12.5. The van der Waals surface area contributed by atoms with Crippen molar-refractivity contribution < 1.29 is 8.42 Å². The lowest BCUT2D eigenvalue weighted by molar-refractivity contribution is 0.595. The van der Waals surface area contributed by atoms with E-state index in [1.54, 1.807) is 4.68 Å². The van der Waals surface area contributed by atoms with Gasteiger partial charge < -0.3 is 5.32 Å². The van der Waals surface area contributed by atoms with Crippen molar-refractivity contribution in [2.24, 2.45) is 5.92 Å². The number of aromatic nitrogens is 4. The smallest absolute Gasteiger partial charge is 0.247 e. The first kappa shape index (κ1) is 14.0. The van der Waals surface area contributed by atoms with Crippen LogP contribution in [-0.2, 0) is 9.84 Å². The highest BCUT2D eigenvalue weighted by molar-refractivity contribution is 7.91. The normalized spacial score (nSPS) is 20.5. The van der Waals surface area contributed by atoms with E-state index in [9.17, 15) is 8.42 Å². The van der Waals surface area contributed by atoms with Crippen molar-refractivity contribution in [3.63, 3.8) is 0 Å². The summed E-state index contributed by atoms with van der Waals surface area (Å²) in [6.45, 7) is 2.58. The van der Waals surface area contributed by atoms with Crippen molar-refractivity contribution >= 4 is 15.8 Å². The number of anilines is 1. The molecule has 1 aromatic heterocycles. The van der Waals surface area contributed by atoms with Gasteiger partial charge in [0.1, 0.15) is 0 Å². The highest BCUT2D eigenvalue weighted by Crippen LogP contribution is 2.19. The molecule has 0 aliphatic carbocycles. The molecule has 3 rings (SSSR count). The van der Waals surface area contributed by atoms with E-state index in [0.717, 1.165) is 11.3 Å². The lowest BCUT2D eigenvalue weighted by Crippen LogP contribution is -2.18. The summed E-state index contributed by atoms with van der Waals surface area (Å²) in [5.74, 6) is 1.18. The predicted molar refractivity (Wildman–Crippen MR) is 79.1 cm³/mol. The van der Waals surface area contributed by atoms with Crippen molar-refractivity contribution in [1.82, 2.24) is 20.2 Å². The van der Waals surface area contributed by atoms with Crippen LogP contribution in [0.3, 0.4) is 0 Å². The molecule has 1 aromatic carbocycles. The Bertz CT molecular complexity index is 723. The van der Waals surface area contributed by atoms with Gasteiger partial charge in [0.15, 0.2) is 9.84 Å². The van der Waals surface area contributed by atoms with Gasteiger partial charge in [-0.15, -0.1) is 0 Å². The van der Waals surface area contributed by atoms with Crippen molar-refractivity contribution in [2.45, 2.75) is 13.3 Å². The zero-order valence-electron chi connectivity index (χ0n) is 11.7. The third-order valence-electron chi connectivity index (χ3n) is 3.62. The predicted octanol–water partition coefficient (Wildman–Crippen LogP) is 0.817. The summed E-state index contributed by atoms with van der Waals surface area (Å²) in [6.07, 6.45) is 0.696. The number of nitrogens with zero attached hydrogens (tertiary/aromatic N) is 4. The first-order valence-corrected chi connectivity index (χ1v) is 8.65. The molecule has 2 heterocycles. The van der Waals surface area contributed by atoms with E-state index < -0.39 is 9.84 Å². The van der Waals surface area contributed by atoms with Crippen LogP contribution in [-0.4, -0.2) is 46.7 Å². The summed E-state index contributed by atoms with van der Waals surface area (Å²) in [7, 11) is -2.85. The average Bonchev–Trinajstić information content (AvgIpc) is 3.03. The minimum Gasteiger partial charge on any atom is -0.352 e. The van der Waals surface area contributed by atoms with Gasteiger partial charge in [-0.3, -0.25) is 0 Å². The van der Waals surface area contributed by atoms with E-state index >= 15 is 0 Å². The van der Waals surface area contributed by atoms with Gasteiger partial charge >= 0.3 is 0 Å². The zero-order chi connectivity index (χ0) is 14.9. The van der Waals surface area contributed by atoms with E-state index in [4.69, 9.17) is 0 Å². The molecule has 1 aliphatic rings. The van der Waals surface area contributed by atoms with Crippen LogP contribution < -0.4 is 5.32 Å². The lowest BCUT2D eigenvalue weighted by atomic mass is 10.1. The molecule has 21 heavy (non-hydrogen) atoms. The van der Waals surface area contributed by atoms with Gasteiger partial charge in [0.2, 0.25) is 5.95 Å². The molecule has 0 bridgehead atoms.